The number of sulfone groups is 1. The molecular formula is C16H33NO2S. The van der Waals surface area contributed by atoms with Gasteiger partial charge < -0.3 is 5.32 Å². The lowest BCUT2D eigenvalue weighted by Crippen LogP contribution is -2.33. The fourth-order valence-electron chi connectivity index (χ4n) is 2.93. The molecule has 0 unspecified atom stereocenters. The lowest BCUT2D eigenvalue weighted by molar-refractivity contribution is 0.411. The third-order valence-electron chi connectivity index (χ3n) is 4.39. The highest BCUT2D eigenvalue weighted by atomic mass is 32.2. The minimum absolute atomic E-state index is 0.263. The highest BCUT2D eigenvalue weighted by Gasteiger charge is 2.11. The molecule has 1 aliphatic rings. The predicted octanol–water partition coefficient (Wildman–Crippen LogP) is 3.68. The maximum Gasteiger partial charge on any atom is 0.151 e. The first-order chi connectivity index (χ1) is 9.64. The fraction of sp³-hybridized carbons (Fsp3) is 1.00. The molecule has 20 heavy (non-hydrogen) atoms. The lowest BCUT2D eigenvalue weighted by atomic mass is 9.98. The van der Waals surface area contributed by atoms with E-state index in [0.717, 1.165) is 0 Å². The molecule has 0 bridgehead atoms. The maximum absolute atomic E-state index is 11.5. The Bertz CT molecular complexity index is 315. The largest absolute Gasteiger partial charge is 0.313 e. The van der Waals surface area contributed by atoms with Crippen LogP contribution in [0.4, 0.5) is 0 Å². The molecule has 0 aromatic rings. The van der Waals surface area contributed by atoms with E-state index in [4.69, 9.17) is 0 Å². The molecular weight excluding hydrogens is 270 g/mol. The van der Waals surface area contributed by atoms with Crippen LogP contribution >= 0.6 is 0 Å². The molecule has 0 atom stereocenters. The molecule has 1 aliphatic carbocycles. The average Bonchev–Trinajstić information content (AvgIpc) is 2.41. The van der Waals surface area contributed by atoms with Crippen molar-refractivity contribution in [3.05, 3.63) is 0 Å². The maximum atomic E-state index is 11.5. The van der Waals surface area contributed by atoms with E-state index in [1.54, 1.807) is 6.92 Å². The van der Waals surface area contributed by atoms with Crippen molar-refractivity contribution in [2.45, 2.75) is 83.6 Å². The first-order valence-electron chi connectivity index (χ1n) is 8.58. The van der Waals surface area contributed by atoms with E-state index in [1.807, 2.05) is 0 Å². The van der Waals surface area contributed by atoms with Crippen LogP contribution in [0.3, 0.4) is 0 Å². The molecule has 1 N–H and O–H groups in total. The van der Waals surface area contributed by atoms with Crippen LogP contribution < -0.4 is 5.32 Å². The van der Waals surface area contributed by atoms with Gasteiger partial charge in [-0.15, -0.1) is 0 Å². The zero-order chi connectivity index (χ0) is 14.7. The van der Waals surface area contributed by atoms with Crippen molar-refractivity contribution >= 4 is 9.84 Å². The van der Waals surface area contributed by atoms with Gasteiger partial charge in [-0.05, 0) is 12.8 Å². The van der Waals surface area contributed by atoms with Crippen LogP contribution in [-0.4, -0.2) is 32.5 Å². The Morgan fingerprint density at radius 1 is 0.850 bits per heavy atom. The van der Waals surface area contributed by atoms with Crippen molar-refractivity contribution in [1.82, 2.24) is 5.32 Å². The van der Waals surface area contributed by atoms with Crippen molar-refractivity contribution in [2.24, 2.45) is 0 Å². The zero-order valence-electron chi connectivity index (χ0n) is 13.2. The van der Waals surface area contributed by atoms with Crippen molar-refractivity contribution in [3.63, 3.8) is 0 Å². The minimum Gasteiger partial charge on any atom is -0.313 e. The molecule has 4 heteroatoms. The van der Waals surface area contributed by atoms with Crippen LogP contribution in [0.1, 0.15) is 77.6 Å². The molecule has 0 aromatic carbocycles. The first kappa shape index (κ1) is 18.0. The van der Waals surface area contributed by atoms with Crippen LogP contribution in [0.15, 0.2) is 0 Å². The number of hydrogen-bond acceptors (Lipinski definition) is 3. The van der Waals surface area contributed by atoms with E-state index in [1.165, 1.54) is 70.6 Å². The standard InChI is InChI=1S/C16H33NO2S/c1-2-20(18,19)15-14-17-16-12-10-8-6-4-3-5-7-9-11-13-16/h16-17H,2-15H2,1H3. The Hall–Kier alpha value is -0.0900. The van der Waals surface area contributed by atoms with E-state index < -0.39 is 9.84 Å². The monoisotopic (exact) mass is 303 g/mol. The normalized spacial score (nSPS) is 21.1. The Labute approximate surface area is 125 Å². The van der Waals surface area contributed by atoms with E-state index >= 15 is 0 Å². The summed E-state index contributed by atoms with van der Waals surface area (Å²) >= 11 is 0. The molecule has 1 rings (SSSR count). The summed E-state index contributed by atoms with van der Waals surface area (Å²) in [6.07, 6.45) is 14.6. The molecule has 0 radical (unpaired) electrons. The van der Waals surface area contributed by atoms with E-state index in [2.05, 4.69) is 5.32 Å². The van der Waals surface area contributed by atoms with Crippen molar-refractivity contribution in [2.75, 3.05) is 18.1 Å². The fourth-order valence-corrected chi connectivity index (χ4v) is 3.65. The topological polar surface area (TPSA) is 46.2 Å². The van der Waals surface area contributed by atoms with Crippen molar-refractivity contribution in [3.8, 4) is 0 Å². The number of rotatable bonds is 5. The zero-order valence-corrected chi connectivity index (χ0v) is 14.0. The van der Waals surface area contributed by atoms with E-state index in [0.29, 0.717) is 18.3 Å². The van der Waals surface area contributed by atoms with Gasteiger partial charge in [0.05, 0.1) is 5.75 Å². The molecule has 0 spiro atoms. The smallest absolute Gasteiger partial charge is 0.151 e. The molecule has 120 valence electrons. The molecule has 0 saturated heterocycles. The summed E-state index contributed by atoms with van der Waals surface area (Å²) < 4.78 is 23.0. The molecule has 0 heterocycles. The highest BCUT2D eigenvalue weighted by molar-refractivity contribution is 7.91. The van der Waals surface area contributed by atoms with Crippen molar-refractivity contribution < 1.29 is 8.42 Å². The van der Waals surface area contributed by atoms with Crippen LogP contribution in [0.25, 0.3) is 0 Å². The lowest BCUT2D eigenvalue weighted by Gasteiger charge is -2.19. The van der Waals surface area contributed by atoms with E-state index in [9.17, 15) is 8.42 Å². The SMILES string of the molecule is CCS(=O)(=O)CCNC1CCCCCCCCCCC1. The quantitative estimate of drug-likeness (QED) is 0.842. The van der Waals surface area contributed by atoms with Crippen molar-refractivity contribution in [1.29, 1.82) is 0 Å². The Balaban J connectivity index is 2.27. The van der Waals surface area contributed by atoms with Gasteiger partial charge in [0.1, 0.15) is 0 Å². The van der Waals surface area contributed by atoms with Gasteiger partial charge in [-0.25, -0.2) is 8.42 Å². The average molecular weight is 304 g/mol. The van der Waals surface area contributed by atoms with Gasteiger partial charge in [0.15, 0.2) is 9.84 Å². The summed E-state index contributed by atoms with van der Waals surface area (Å²) in [7, 11) is -2.82. The van der Waals surface area contributed by atoms with Gasteiger partial charge in [-0.2, -0.15) is 0 Å². The van der Waals surface area contributed by atoms with Crippen LogP contribution in [0.5, 0.6) is 0 Å². The van der Waals surface area contributed by atoms with Gasteiger partial charge in [-0.1, -0.05) is 64.7 Å². The minimum atomic E-state index is -2.82. The second kappa shape index (κ2) is 10.6. The second-order valence-electron chi connectivity index (χ2n) is 6.15. The predicted molar refractivity (Wildman–Crippen MR) is 86.9 cm³/mol. The summed E-state index contributed by atoms with van der Waals surface area (Å²) in [6, 6.07) is 0.529. The Kier molecular flexibility index (Phi) is 9.53. The van der Waals surface area contributed by atoms with Gasteiger partial charge in [-0.3, -0.25) is 0 Å². The van der Waals surface area contributed by atoms with Crippen LogP contribution in [-0.2, 0) is 9.84 Å². The molecule has 1 fully saturated rings. The molecule has 0 amide bonds. The summed E-state index contributed by atoms with van der Waals surface area (Å²) in [5, 5.41) is 3.48. The molecule has 1 saturated carbocycles. The third kappa shape index (κ3) is 8.96. The van der Waals surface area contributed by atoms with Gasteiger partial charge in [0, 0.05) is 18.3 Å². The van der Waals surface area contributed by atoms with E-state index in [-0.39, 0.29) is 5.75 Å². The molecule has 0 aliphatic heterocycles. The second-order valence-corrected chi connectivity index (χ2v) is 8.62. The Morgan fingerprint density at radius 3 is 1.75 bits per heavy atom. The number of nitrogens with one attached hydrogen (secondary N) is 1. The van der Waals surface area contributed by atoms with Crippen LogP contribution in [0, 0.1) is 0 Å². The number of hydrogen-bond donors (Lipinski definition) is 1. The summed E-state index contributed by atoms with van der Waals surface area (Å²) in [5.74, 6) is 0.555. The van der Waals surface area contributed by atoms with Crippen LogP contribution in [0.2, 0.25) is 0 Å². The summed E-state index contributed by atoms with van der Waals surface area (Å²) in [4.78, 5) is 0. The molecule has 0 aromatic heterocycles. The van der Waals surface area contributed by atoms with Gasteiger partial charge >= 0.3 is 0 Å². The Morgan fingerprint density at radius 2 is 1.30 bits per heavy atom. The van der Waals surface area contributed by atoms with Gasteiger partial charge in [0.25, 0.3) is 0 Å². The molecule has 3 nitrogen and oxygen atoms in total. The third-order valence-corrected chi connectivity index (χ3v) is 6.10. The highest BCUT2D eigenvalue weighted by Crippen LogP contribution is 2.16. The first-order valence-corrected chi connectivity index (χ1v) is 10.4. The summed E-state index contributed by atoms with van der Waals surface area (Å²) in [5.41, 5.74) is 0. The summed E-state index contributed by atoms with van der Waals surface area (Å²) in [6.45, 7) is 2.35. The van der Waals surface area contributed by atoms with Gasteiger partial charge in [0.2, 0.25) is 0 Å².